The predicted octanol–water partition coefficient (Wildman–Crippen LogP) is 4.37. The van der Waals surface area contributed by atoms with E-state index in [4.69, 9.17) is 0 Å². The van der Waals surface area contributed by atoms with Crippen LogP contribution in [0.1, 0.15) is 12.5 Å². The minimum atomic E-state index is -0.0515. The summed E-state index contributed by atoms with van der Waals surface area (Å²) < 4.78 is 15.4. The molecular formula is C10H8BrFS. The van der Waals surface area contributed by atoms with Crippen molar-refractivity contribution in [2.75, 3.05) is 0 Å². The van der Waals surface area contributed by atoms with Gasteiger partial charge in [-0.25, -0.2) is 0 Å². The molecule has 0 atom stereocenters. The van der Waals surface area contributed by atoms with Crippen LogP contribution >= 0.6 is 27.3 Å². The largest absolute Gasteiger partial charge is 0.195 e. The minimum absolute atomic E-state index is 0.0515. The molecule has 0 bridgehead atoms. The molecule has 0 radical (unpaired) electrons. The molecule has 0 amide bonds. The van der Waals surface area contributed by atoms with E-state index in [2.05, 4.69) is 15.9 Å². The van der Waals surface area contributed by atoms with Gasteiger partial charge >= 0.3 is 0 Å². The zero-order chi connectivity index (χ0) is 9.42. The van der Waals surface area contributed by atoms with Crippen molar-refractivity contribution in [1.82, 2.24) is 0 Å². The molecule has 0 nitrogen and oxygen atoms in total. The molecule has 0 saturated carbocycles. The summed E-state index contributed by atoms with van der Waals surface area (Å²) in [7, 11) is 0. The van der Waals surface area contributed by atoms with E-state index >= 15 is 0 Å². The molecule has 0 N–H and O–H groups in total. The Bertz CT molecular complexity index is 447. The zero-order valence-corrected chi connectivity index (χ0v) is 9.51. The predicted molar refractivity (Wildman–Crippen MR) is 58.9 cm³/mol. The molecule has 13 heavy (non-hydrogen) atoms. The van der Waals surface area contributed by atoms with Crippen molar-refractivity contribution in [2.24, 2.45) is 0 Å². The lowest BCUT2D eigenvalue weighted by Crippen LogP contribution is -1.80. The van der Waals surface area contributed by atoms with Gasteiger partial charge in [0, 0.05) is 20.1 Å². The van der Waals surface area contributed by atoms with Crippen LogP contribution in [0.2, 0.25) is 0 Å². The van der Waals surface area contributed by atoms with Gasteiger partial charge in [0.15, 0.2) is 5.13 Å². The maximum absolute atomic E-state index is 13.4. The van der Waals surface area contributed by atoms with Crippen LogP contribution in [0, 0.1) is 5.13 Å². The van der Waals surface area contributed by atoms with Crippen LogP contribution in [-0.4, -0.2) is 0 Å². The highest BCUT2D eigenvalue weighted by atomic mass is 79.9. The molecule has 3 heteroatoms. The van der Waals surface area contributed by atoms with E-state index in [1.165, 1.54) is 11.3 Å². The summed E-state index contributed by atoms with van der Waals surface area (Å²) in [6, 6.07) is 5.84. The highest BCUT2D eigenvalue weighted by Crippen LogP contribution is 2.35. The maximum Gasteiger partial charge on any atom is 0.180 e. The molecular weight excluding hydrogens is 251 g/mol. The van der Waals surface area contributed by atoms with E-state index in [9.17, 15) is 4.39 Å². The van der Waals surface area contributed by atoms with Gasteiger partial charge in [-0.1, -0.05) is 28.9 Å². The molecule has 0 aliphatic rings. The van der Waals surface area contributed by atoms with Crippen molar-refractivity contribution < 1.29 is 4.39 Å². The molecule has 1 aromatic carbocycles. The first kappa shape index (κ1) is 9.16. The third kappa shape index (κ3) is 1.40. The molecule has 0 unspecified atom stereocenters. The molecule has 1 aromatic heterocycles. The molecule has 68 valence electrons. The van der Waals surface area contributed by atoms with Crippen molar-refractivity contribution >= 4 is 37.4 Å². The van der Waals surface area contributed by atoms with Gasteiger partial charge < -0.3 is 0 Å². The van der Waals surface area contributed by atoms with Crippen LogP contribution in [0.5, 0.6) is 0 Å². The minimum Gasteiger partial charge on any atom is -0.195 e. The third-order valence-corrected chi connectivity index (χ3v) is 3.71. The Kier molecular flexibility index (Phi) is 2.39. The van der Waals surface area contributed by atoms with Crippen LogP contribution in [-0.2, 0) is 6.42 Å². The van der Waals surface area contributed by atoms with E-state index in [1.807, 2.05) is 25.1 Å². The van der Waals surface area contributed by atoms with Crippen LogP contribution in [0.4, 0.5) is 4.39 Å². The number of halogens is 2. The quantitative estimate of drug-likeness (QED) is 0.713. The number of thiophene rings is 1. The molecule has 2 aromatic rings. The highest BCUT2D eigenvalue weighted by molar-refractivity contribution is 9.10. The SMILES string of the molecule is CCc1c(F)sc2cccc(Br)c12. The number of fused-ring (bicyclic) bond motifs is 1. The van der Waals surface area contributed by atoms with Gasteiger partial charge in [0.1, 0.15) is 0 Å². The number of hydrogen-bond acceptors (Lipinski definition) is 1. The maximum atomic E-state index is 13.4. The van der Waals surface area contributed by atoms with Crippen molar-refractivity contribution in [3.63, 3.8) is 0 Å². The average Bonchev–Trinajstić information content (AvgIpc) is 2.42. The lowest BCUT2D eigenvalue weighted by molar-refractivity contribution is 0.644. The first-order chi connectivity index (χ1) is 6.24. The molecule has 0 aliphatic heterocycles. The summed E-state index contributed by atoms with van der Waals surface area (Å²) in [6.45, 7) is 1.98. The summed E-state index contributed by atoms with van der Waals surface area (Å²) in [5.74, 6) is 0. The Labute approximate surface area is 88.5 Å². The lowest BCUT2D eigenvalue weighted by atomic mass is 10.1. The second-order valence-corrected chi connectivity index (χ2v) is 4.68. The smallest absolute Gasteiger partial charge is 0.180 e. The van der Waals surface area contributed by atoms with E-state index in [-0.39, 0.29) is 5.13 Å². The fourth-order valence-corrected chi connectivity index (χ4v) is 3.24. The standard InChI is InChI=1S/C10H8BrFS/c1-2-6-9-7(11)4-3-5-8(9)13-10(6)12/h3-5H,2H2,1H3. The van der Waals surface area contributed by atoms with Crippen molar-refractivity contribution in [2.45, 2.75) is 13.3 Å². The van der Waals surface area contributed by atoms with Gasteiger partial charge in [-0.2, -0.15) is 4.39 Å². The Morgan fingerprint density at radius 3 is 2.92 bits per heavy atom. The number of aryl methyl sites for hydroxylation is 1. The van der Waals surface area contributed by atoms with E-state index in [0.717, 1.165) is 26.5 Å². The van der Waals surface area contributed by atoms with Gasteiger partial charge in [0.05, 0.1) is 0 Å². The average molecular weight is 259 g/mol. The van der Waals surface area contributed by atoms with Gasteiger partial charge in [-0.05, 0) is 18.6 Å². The lowest BCUT2D eigenvalue weighted by Gasteiger charge is -1.96. The second kappa shape index (κ2) is 3.39. The van der Waals surface area contributed by atoms with Crippen molar-refractivity contribution in [3.05, 3.63) is 33.4 Å². The van der Waals surface area contributed by atoms with Crippen LogP contribution in [0.25, 0.3) is 10.1 Å². The third-order valence-electron chi connectivity index (χ3n) is 2.07. The Balaban J connectivity index is 2.88. The normalized spacial score (nSPS) is 11.0. The Morgan fingerprint density at radius 2 is 2.23 bits per heavy atom. The summed E-state index contributed by atoms with van der Waals surface area (Å²) >= 11 is 4.66. The van der Waals surface area contributed by atoms with Gasteiger partial charge in [-0.3, -0.25) is 0 Å². The molecule has 2 rings (SSSR count). The molecule has 0 fully saturated rings. The molecule has 0 aliphatic carbocycles. The van der Waals surface area contributed by atoms with E-state index in [1.54, 1.807) is 0 Å². The number of hydrogen-bond donors (Lipinski definition) is 0. The topological polar surface area (TPSA) is 0 Å². The second-order valence-electron chi connectivity index (χ2n) is 2.82. The summed E-state index contributed by atoms with van der Waals surface area (Å²) in [5.41, 5.74) is 0.826. The number of rotatable bonds is 1. The first-order valence-electron chi connectivity index (χ1n) is 4.09. The van der Waals surface area contributed by atoms with Gasteiger partial charge in [0.25, 0.3) is 0 Å². The fraction of sp³-hybridized carbons (Fsp3) is 0.200. The van der Waals surface area contributed by atoms with Crippen LogP contribution in [0.15, 0.2) is 22.7 Å². The van der Waals surface area contributed by atoms with Crippen molar-refractivity contribution in [3.8, 4) is 0 Å². The van der Waals surface area contributed by atoms with Crippen LogP contribution in [0.3, 0.4) is 0 Å². The summed E-state index contributed by atoms with van der Waals surface area (Å²) in [4.78, 5) is 0. The molecule has 0 spiro atoms. The van der Waals surface area contributed by atoms with Gasteiger partial charge in [-0.15, -0.1) is 11.3 Å². The van der Waals surface area contributed by atoms with E-state index < -0.39 is 0 Å². The highest BCUT2D eigenvalue weighted by Gasteiger charge is 2.11. The Hall–Kier alpha value is -0.410. The zero-order valence-electron chi connectivity index (χ0n) is 7.10. The Morgan fingerprint density at radius 1 is 1.46 bits per heavy atom. The first-order valence-corrected chi connectivity index (χ1v) is 5.70. The fourth-order valence-electron chi connectivity index (χ4n) is 1.45. The summed E-state index contributed by atoms with van der Waals surface area (Å²) in [5, 5.41) is 0.983. The number of benzene rings is 1. The van der Waals surface area contributed by atoms with Crippen molar-refractivity contribution in [1.29, 1.82) is 0 Å². The molecule has 0 saturated heterocycles. The molecule has 1 heterocycles. The summed E-state index contributed by atoms with van der Waals surface area (Å²) in [6.07, 6.45) is 0.744. The van der Waals surface area contributed by atoms with Gasteiger partial charge in [0.2, 0.25) is 0 Å². The van der Waals surface area contributed by atoms with Crippen LogP contribution < -0.4 is 0 Å². The monoisotopic (exact) mass is 258 g/mol. The van der Waals surface area contributed by atoms with E-state index in [0.29, 0.717) is 0 Å².